The minimum Gasteiger partial charge on any atom is -0.334 e. The molecule has 1 atom stereocenters. The molecular formula is C17H24F3N5. The van der Waals surface area contributed by atoms with Gasteiger partial charge in [-0.1, -0.05) is 20.8 Å². The number of halogens is 3. The summed E-state index contributed by atoms with van der Waals surface area (Å²) in [6, 6.07) is 0. The van der Waals surface area contributed by atoms with Gasteiger partial charge in [0.2, 0.25) is 0 Å². The lowest BCUT2D eigenvalue weighted by atomic mass is 9.89. The van der Waals surface area contributed by atoms with Crippen LogP contribution in [0.2, 0.25) is 0 Å². The molecule has 0 saturated heterocycles. The number of aromatic nitrogens is 4. The van der Waals surface area contributed by atoms with Gasteiger partial charge in [0.15, 0.2) is 5.69 Å². The second-order valence-electron chi connectivity index (χ2n) is 7.75. The Bertz CT molecular complexity index is 723. The molecule has 25 heavy (non-hydrogen) atoms. The van der Waals surface area contributed by atoms with Crippen LogP contribution in [0.15, 0.2) is 12.4 Å². The number of aryl methyl sites for hydroxylation is 1. The van der Waals surface area contributed by atoms with Crippen LogP contribution in [-0.4, -0.2) is 26.3 Å². The van der Waals surface area contributed by atoms with Crippen molar-refractivity contribution >= 4 is 0 Å². The van der Waals surface area contributed by atoms with Gasteiger partial charge in [0.05, 0.1) is 6.20 Å². The van der Waals surface area contributed by atoms with E-state index in [0.717, 1.165) is 30.4 Å². The van der Waals surface area contributed by atoms with E-state index < -0.39 is 11.9 Å². The fourth-order valence-electron chi connectivity index (χ4n) is 3.32. The first-order valence-corrected chi connectivity index (χ1v) is 8.51. The first kappa shape index (κ1) is 18.0. The van der Waals surface area contributed by atoms with E-state index in [0.29, 0.717) is 31.3 Å². The zero-order chi connectivity index (χ0) is 18.2. The lowest BCUT2D eigenvalue weighted by molar-refractivity contribution is -0.141. The number of hydrogen-bond donors (Lipinski definition) is 2. The molecule has 3 heterocycles. The lowest BCUT2D eigenvalue weighted by Crippen LogP contribution is -2.30. The van der Waals surface area contributed by atoms with E-state index in [1.807, 2.05) is 6.20 Å². The van der Waals surface area contributed by atoms with Gasteiger partial charge in [0, 0.05) is 42.4 Å². The molecule has 0 bridgehead atoms. The van der Waals surface area contributed by atoms with Crippen LogP contribution >= 0.6 is 0 Å². The van der Waals surface area contributed by atoms with Crippen LogP contribution in [-0.2, 0) is 31.1 Å². The molecule has 5 nitrogen and oxygen atoms in total. The average Bonchev–Trinajstić information content (AvgIpc) is 3.11. The van der Waals surface area contributed by atoms with Gasteiger partial charge in [-0.15, -0.1) is 0 Å². The zero-order valence-corrected chi connectivity index (χ0v) is 14.7. The topological polar surface area (TPSA) is 58.5 Å². The number of H-pyrrole nitrogens is 1. The second-order valence-corrected chi connectivity index (χ2v) is 7.75. The summed E-state index contributed by atoms with van der Waals surface area (Å²) in [5.74, 6) is 0.834. The number of imidazole rings is 1. The maximum Gasteiger partial charge on any atom is 0.434 e. The Morgan fingerprint density at radius 1 is 1.32 bits per heavy atom. The van der Waals surface area contributed by atoms with E-state index in [-0.39, 0.29) is 5.41 Å². The standard InChI is InChI=1S/C17H24F3N5/c1-16(2,3)15-12(8-22-24-15)7-21-6-11-4-5-14-23-13(17(18,19)20)10-25(14)9-11/h8,10-11,21H,4-7,9H2,1-3H3,(H,22,24). The molecule has 2 N–H and O–H groups in total. The predicted octanol–water partition coefficient (Wildman–Crippen LogP) is 3.27. The first-order valence-electron chi connectivity index (χ1n) is 8.51. The monoisotopic (exact) mass is 355 g/mol. The molecule has 0 fully saturated rings. The summed E-state index contributed by atoms with van der Waals surface area (Å²) < 4.78 is 40.0. The van der Waals surface area contributed by atoms with Gasteiger partial charge in [0.25, 0.3) is 0 Å². The zero-order valence-electron chi connectivity index (χ0n) is 14.7. The molecule has 3 rings (SSSR count). The van der Waals surface area contributed by atoms with Crippen LogP contribution in [0.5, 0.6) is 0 Å². The van der Waals surface area contributed by atoms with Gasteiger partial charge in [-0.05, 0) is 18.9 Å². The normalized spacial score (nSPS) is 18.4. The molecule has 0 saturated carbocycles. The highest BCUT2D eigenvalue weighted by Crippen LogP contribution is 2.30. The third kappa shape index (κ3) is 4.05. The highest BCUT2D eigenvalue weighted by molar-refractivity contribution is 5.23. The van der Waals surface area contributed by atoms with Crippen LogP contribution in [0.3, 0.4) is 0 Å². The molecule has 2 aromatic heterocycles. The molecule has 0 spiro atoms. The summed E-state index contributed by atoms with van der Waals surface area (Å²) >= 11 is 0. The molecule has 2 aromatic rings. The van der Waals surface area contributed by atoms with Crippen molar-refractivity contribution in [3.8, 4) is 0 Å². The molecule has 0 radical (unpaired) electrons. The predicted molar refractivity (Wildman–Crippen MR) is 88.0 cm³/mol. The summed E-state index contributed by atoms with van der Waals surface area (Å²) in [5.41, 5.74) is 1.45. The van der Waals surface area contributed by atoms with E-state index in [9.17, 15) is 13.2 Å². The third-order valence-corrected chi connectivity index (χ3v) is 4.60. The van der Waals surface area contributed by atoms with Crippen molar-refractivity contribution in [2.75, 3.05) is 6.54 Å². The van der Waals surface area contributed by atoms with E-state index >= 15 is 0 Å². The average molecular weight is 355 g/mol. The number of alkyl halides is 3. The van der Waals surface area contributed by atoms with Crippen molar-refractivity contribution in [3.63, 3.8) is 0 Å². The summed E-state index contributed by atoms with van der Waals surface area (Å²) in [7, 11) is 0. The molecule has 0 aliphatic carbocycles. The summed E-state index contributed by atoms with van der Waals surface area (Å²) in [6.45, 7) is 8.42. The van der Waals surface area contributed by atoms with E-state index in [2.05, 4.69) is 41.3 Å². The molecule has 0 amide bonds. The van der Waals surface area contributed by atoms with E-state index in [1.54, 1.807) is 4.57 Å². The highest BCUT2D eigenvalue weighted by atomic mass is 19.4. The second kappa shape index (κ2) is 6.48. The van der Waals surface area contributed by atoms with Crippen molar-refractivity contribution in [1.82, 2.24) is 25.1 Å². The van der Waals surface area contributed by atoms with Crippen molar-refractivity contribution in [1.29, 1.82) is 0 Å². The minimum absolute atomic E-state index is 0.00193. The van der Waals surface area contributed by atoms with Crippen LogP contribution in [0.1, 0.15) is 50.0 Å². The number of nitrogens with zero attached hydrogens (tertiary/aromatic N) is 3. The first-order chi connectivity index (χ1) is 11.6. The number of nitrogens with one attached hydrogen (secondary N) is 2. The SMILES string of the molecule is CC(C)(C)c1[nH]ncc1CNCC1CCc2nc(C(F)(F)F)cn2C1. The number of hydrogen-bond acceptors (Lipinski definition) is 3. The van der Waals surface area contributed by atoms with Gasteiger partial charge in [-0.3, -0.25) is 5.10 Å². The summed E-state index contributed by atoms with van der Waals surface area (Å²) in [6.07, 6.45) is 0.0240. The molecular weight excluding hydrogens is 331 g/mol. The number of fused-ring (bicyclic) bond motifs is 1. The quantitative estimate of drug-likeness (QED) is 0.885. The maximum absolute atomic E-state index is 12.8. The van der Waals surface area contributed by atoms with E-state index in [1.165, 1.54) is 0 Å². The summed E-state index contributed by atoms with van der Waals surface area (Å²) in [4.78, 5) is 3.72. The van der Waals surface area contributed by atoms with Crippen LogP contribution in [0, 0.1) is 5.92 Å². The molecule has 1 unspecified atom stereocenters. The molecule has 138 valence electrons. The summed E-state index contributed by atoms with van der Waals surface area (Å²) in [5, 5.41) is 10.6. The van der Waals surface area contributed by atoms with Gasteiger partial charge >= 0.3 is 6.18 Å². The molecule has 1 aliphatic rings. The number of aromatic amines is 1. The Morgan fingerprint density at radius 3 is 2.76 bits per heavy atom. The maximum atomic E-state index is 12.8. The Kier molecular flexibility index (Phi) is 4.66. The molecule has 8 heteroatoms. The molecule has 0 aromatic carbocycles. The Balaban J connectivity index is 1.56. The third-order valence-electron chi connectivity index (χ3n) is 4.60. The number of rotatable bonds is 4. The Morgan fingerprint density at radius 2 is 2.08 bits per heavy atom. The van der Waals surface area contributed by atoms with Gasteiger partial charge < -0.3 is 9.88 Å². The lowest BCUT2D eigenvalue weighted by Gasteiger charge is -2.24. The minimum atomic E-state index is -4.37. The van der Waals surface area contributed by atoms with Crippen molar-refractivity contribution in [2.45, 2.75) is 58.3 Å². The van der Waals surface area contributed by atoms with Gasteiger partial charge in [-0.2, -0.15) is 18.3 Å². The largest absolute Gasteiger partial charge is 0.434 e. The van der Waals surface area contributed by atoms with Gasteiger partial charge in [-0.25, -0.2) is 4.98 Å². The smallest absolute Gasteiger partial charge is 0.334 e. The Hall–Kier alpha value is -1.83. The van der Waals surface area contributed by atoms with Crippen LogP contribution in [0.4, 0.5) is 13.2 Å². The fraction of sp³-hybridized carbons (Fsp3) is 0.647. The van der Waals surface area contributed by atoms with Gasteiger partial charge in [0.1, 0.15) is 5.82 Å². The van der Waals surface area contributed by atoms with Crippen LogP contribution in [0.25, 0.3) is 0 Å². The van der Waals surface area contributed by atoms with Crippen molar-refractivity contribution in [3.05, 3.63) is 35.2 Å². The Labute approximate surface area is 145 Å². The van der Waals surface area contributed by atoms with Crippen LogP contribution < -0.4 is 5.32 Å². The van der Waals surface area contributed by atoms with E-state index in [4.69, 9.17) is 0 Å². The highest BCUT2D eigenvalue weighted by Gasteiger charge is 2.35. The fourth-order valence-corrected chi connectivity index (χ4v) is 3.32. The van der Waals surface area contributed by atoms with Crippen molar-refractivity contribution in [2.24, 2.45) is 5.92 Å². The molecule has 1 aliphatic heterocycles. The van der Waals surface area contributed by atoms with Crippen molar-refractivity contribution < 1.29 is 13.2 Å².